The van der Waals surface area contributed by atoms with E-state index in [4.69, 9.17) is 27.9 Å². The third-order valence-corrected chi connectivity index (χ3v) is 8.57. The molecule has 0 aliphatic heterocycles. The molecule has 3 aromatic rings. The molecule has 11 heteroatoms. The molecule has 1 atom stereocenters. The number of sulfonamides is 1. The minimum Gasteiger partial charge on any atom is -0.497 e. The van der Waals surface area contributed by atoms with Crippen molar-refractivity contribution in [2.75, 3.05) is 25.0 Å². The van der Waals surface area contributed by atoms with Gasteiger partial charge in [0.2, 0.25) is 11.8 Å². The number of carbonyl (C=O) groups is 2. The van der Waals surface area contributed by atoms with Crippen molar-refractivity contribution >= 4 is 50.7 Å². The lowest BCUT2D eigenvalue weighted by atomic mass is 10.1. The molecule has 3 rings (SSSR count). The molecule has 0 bridgehead atoms. The largest absolute Gasteiger partial charge is 0.497 e. The molecule has 0 aliphatic rings. The van der Waals surface area contributed by atoms with Crippen LogP contribution in [0.5, 0.6) is 5.75 Å². The average Bonchev–Trinajstić information content (AvgIpc) is 2.91. The molecule has 0 saturated carbocycles. The van der Waals surface area contributed by atoms with Gasteiger partial charge >= 0.3 is 0 Å². The quantitative estimate of drug-likeness (QED) is 0.378. The topological polar surface area (TPSA) is 96.0 Å². The third kappa shape index (κ3) is 6.59. The zero-order valence-corrected chi connectivity index (χ0v) is 23.8. The Bertz CT molecular complexity index is 1410. The second-order valence-corrected chi connectivity index (χ2v) is 11.2. The van der Waals surface area contributed by atoms with Gasteiger partial charge in [-0.3, -0.25) is 13.9 Å². The number of carbonyl (C=O) groups excluding carboxylic acids is 2. The van der Waals surface area contributed by atoms with Crippen LogP contribution in [0.15, 0.2) is 71.6 Å². The number of amides is 2. The molecule has 0 spiro atoms. The Hall–Kier alpha value is -3.27. The Labute approximate surface area is 233 Å². The van der Waals surface area contributed by atoms with Gasteiger partial charge in [-0.2, -0.15) is 0 Å². The van der Waals surface area contributed by atoms with Gasteiger partial charge in [0, 0.05) is 13.6 Å². The van der Waals surface area contributed by atoms with Crippen LogP contribution in [0.2, 0.25) is 10.0 Å². The van der Waals surface area contributed by atoms with Crippen LogP contribution < -0.4 is 14.4 Å². The van der Waals surface area contributed by atoms with Crippen molar-refractivity contribution < 1.29 is 22.7 Å². The Morgan fingerprint density at radius 3 is 2.32 bits per heavy atom. The molecule has 0 aromatic heterocycles. The number of nitrogens with zero attached hydrogens (tertiary/aromatic N) is 2. The minimum absolute atomic E-state index is 0.0173. The Morgan fingerprint density at radius 2 is 1.68 bits per heavy atom. The van der Waals surface area contributed by atoms with Crippen LogP contribution in [0.25, 0.3) is 0 Å². The minimum atomic E-state index is -4.25. The number of likely N-dealkylation sites (N-methyl/N-ethyl adjacent to an activating group) is 1. The summed E-state index contributed by atoms with van der Waals surface area (Å²) in [6, 6.07) is 16.9. The number of nitrogens with one attached hydrogen (secondary N) is 1. The van der Waals surface area contributed by atoms with Crippen molar-refractivity contribution in [1.82, 2.24) is 10.2 Å². The van der Waals surface area contributed by atoms with Crippen molar-refractivity contribution in [3.63, 3.8) is 0 Å². The van der Waals surface area contributed by atoms with Gasteiger partial charge in [-0.05, 0) is 55.8 Å². The van der Waals surface area contributed by atoms with Crippen molar-refractivity contribution in [2.24, 2.45) is 0 Å². The van der Waals surface area contributed by atoms with Crippen LogP contribution in [-0.2, 0) is 26.2 Å². The monoisotopic (exact) mass is 577 g/mol. The summed E-state index contributed by atoms with van der Waals surface area (Å²) in [6.07, 6.45) is 0. The van der Waals surface area contributed by atoms with Crippen LogP contribution in [-0.4, -0.2) is 51.9 Å². The Balaban J connectivity index is 2.08. The summed E-state index contributed by atoms with van der Waals surface area (Å²) < 4.78 is 33.8. The summed E-state index contributed by atoms with van der Waals surface area (Å²) in [7, 11) is -1.26. The van der Waals surface area contributed by atoms with Crippen molar-refractivity contribution in [3.05, 3.63) is 87.9 Å². The lowest BCUT2D eigenvalue weighted by Gasteiger charge is -2.32. The van der Waals surface area contributed by atoms with E-state index in [1.165, 1.54) is 43.3 Å². The van der Waals surface area contributed by atoms with Crippen LogP contribution in [0.3, 0.4) is 0 Å². The maximum Gasteiger partial charge on any atom is 0.264 e. The predicted octanol–water partition coefficient (Wildman–Crippen LogP) is 4.67. The highest BCUT2D eigenvalue weighted by molar-refractivity contribution is 7.92. The van der Waals surface area contributed by atoms with E-state index in [9.17, 15) is 18.0 Å². The first-order valence-electron chi connectivity index (χ1n) is 11.7. The molecule has 8 nitrogen and oxygen atoms in total. The van der Waals surface area contributed by atoms with Crippen LogP contribution in [0.4, 0.5) is 5.69 Å². The molecule has 2 amide bonds. The zero-order valence-electron chi connectivity index (χ0n) is 21.4. The van der Waals surface area contributed by atoms with Crippen LogP contribution in [0.1, 0.15) is 18.1 Å². The summed E-state index contributed by atoms with van der Waals surface area (Å²) in [5.41, 5.74) is 1.61. The number of hydrogen-bond acceptors (Lipinski definition) is 5. The van der Waals surface area contributed by atoms with Gasteiger partial charge in [-0.15, -0.1) is 0 Å². The molecule has 38 heavy (non-hydrogen) atoms. The lowest BCUT2D eigenvalue weighted by molar-refractivity contribution is -0.139. The summed E-state index contributed by atoms with van der Waals surface area (Å²) in [5, 5.41) is 2.66. The van der Waals surface area contributed by atoms with E-state index >= 15 is 0 Å². The van der Waals surface area contributed by atoms with E-state index in [0.717, 1.165) is 9.87 Å². The number of benzene rings is 3. The predicted molar refractivity (Wildman–Crippen MR) is 149 cm³/mol. The molecule has 0 fully saturated rings. The summed E-state index contributed by atoms with van der Waals surface area (Å²) in [6.45, 7) is 2.82. The van der Waals surface area contributed by atoms with E-state index in [1.54, 1.807) is 49.4 Å². The maximum absolute atomic E-state index is 13.8. The normalized spacial score (nSPS) is 11.9. The molecule has 3 aromatic carbocycles. The molecular weight excluding hydrogens is 549 g/mol. The molecule has 0 unspecified atom stereocenters. The second-order valence-electron chi connectivity index (χ2n) is 8.56. The number of halogens is 2. The fourth-order valence-corrected chi connectivity index (χ4v) is 5.67. The Morgan fingerprint density at radius 1 is 1.03 bits per heavy atom. The van der Waals surface area contributed by atoms with Gasteiger partial charge in [-0.25, -0.2) is 8.42 Å². The number of rotatable bonds is 10. The first-order valence-corrected chi connectivity index (χ1v) is 13.9. The fourth-order valence-electron chi connectivity index (χ4n) is 3.79. The van der Waals surface area contributed by atoms with Gasteiger partial charge in [0.25, 0.3) is 10.0 Å². The van der Waals surface area contributed by atoms with Crippen molar-refractivity contribution in [1.29, 1.82) is 0 Å². The number of hydrogen-bond donors (Lipinski definition) is 1. The summed E-state index contributed by atoms with van der Waals surface area (Å²) in [5.74, 6) is -0.442. The molecule has 0 radical (unpaired) electrons. The highest BCUT2D eigenvalue weighted by atomic mass is 35.5. The molecule has 0 aliphatic carbocycles. The molecule has 0 saturated heterocycles. The third-order valence-electron chi connectivity index (χ3n) is 5.99. The van der Waals surface area contributed by atoms with E-state index in [-0.39, 0.29) is 27.2 Å². The van der Waals surface area contributed by atoms with Gasteiger partial charge in [0.05, 0.1) is 27.7 Å². The smallest absolute Gasteiger partial charge is 0.264 e. The lowest BCUT2D eigenvalue weighted by Crippen LogP contribution is -2.50. The summed E-state index contributed by atoms with van der Waals surface area (Å²) >= 11 is 12.6. The van der Waals surface area contributed by atoms with E-state index in [0.29, 0.717) is 11.3 Å². The van der Waals surface area contributed by atoms with Gasteiger partial charge in [-0.1, -0.05) is 59.1 Å². The average molecular weight is 579 g/mol. The zero-order chi connectivity index (χ0) is 28.0. The van der Waals surface area contributed by atoms with Crippen molar-refractivity contribution in [2.45, 2.75) is 31.3 Å². The van der Waals surface area contributed by atoms with Crippen molar-refractivity contribution in [3.8, 4) is 5.75 Å². The van der Waals surface area contributed by atoms with Gasteiger partial charge in [0.15, 0.2) is 0 Å². The first kappa shape index (κ1) is 29.3. The summed E-state index contributed by atoms with van der Waals surface area (Å²) in [4.78, 5) is 27.7. The maximum atomic E-state index is 13.8. The highest BCUT2D eigenvalue weighted by Crippen LogP contribution is 2.35. The van der Waals surface area contributed by atoms with E-state index < -0.39 is 34.4 Å². The van der Waals surface area contributed by atoms with E-state index in [1.807, 2.05) is 6.92 Å². The number of methoxy groups -OCH3 is 1. The number of anilines is 1. The Kier molecular flexibility index (Phi) is 9.65. The number of ether oxygens (including phenoxy) is 1. The standard InChI is InChI=1S/C27H29Cl2N3O5S/c1-18-11-13-22(14-12-18)38(35,36)32(24-10-6-9-23(28)26(24)29)17-25(33)31(19(2)27(34)30-3)16-20-7-5-8-21(15-20)37-4/h5-15,19H,16-17H2,1-4H3,(H,30,34)/t19-/m0/s1. The van der Waals surface area contributed by atoms with E-state index in [2.05, 4.69) is 5.32 Å². The fraction of sp³-hybridized carbons (Fsp3) is 0.259. The molecule has 202 valence electrons. The second kappa shape index (κ2) is 12.5. The highest BCUT2D eigenvalue weighted by Gasteiger charge is 2.33. The van der Waals surface area contributed by atoms with Gasteiger partial charge in [0.1, 0.15) is 18.3 Å². The molecule has 0 heterocycles. The van der Waals surface area contributed by atoms with Gasteiger partial charge < -0.3 is 15.0 Å². The first-order chi connectivity index (χ1) is 18.0. The number of aryl methyl sites for hydroxylation is 1. The van der Waals surface area contributed by atoms with Crippen LogP contribution in [0, 0.1) is 6.92 Å². The van der Waals surface area contributed by atoms with Crippen LogP contribution >= 0.6 is 23.2 Å². The SMILES string of the molecule is CNC(=O)[C@H](C)N(Cc1cccc(OC)c1)C(=O)CN(c1cccc(Cl)c1Cl)S(=O)(=O)c1ccc(C)cc1. The molecule has 1 N–H and O–H groups in total. The molecular formula is C27H29Cl2N3O5S.